The Bertz CT molecular complexity index is 1110. The van der Waals surface area contributed by atoms with Crippen molar-refractivity contribution in [1.29, 1.82) is 0 Å². The summed E-state index contributed by atoms with van der Waals surface area (Å²) in [7, 11) is 0. The standard InChI is InChI=1S/C22H23N5O/c1-15-6-5-10-23-19(15)12-16(2)24-22(28)20-13-18(25-26-20)14-27-11-9-17-7-3-4-8-21(17)27/h3-11,13,16H,12,14H2,1-2H3,(H,24,28)(H,25,26). The van der Waals surface area contributed by atoms with E-state index in [-0.39, 0.29) is 11.9 Å². The summed E-state index contributed by atoms with van der Waals surface area (Å²) in [6.07, 6.45) is 4.51. The number of aromatic amines is 1. The lowest BCUT2D eigenvalue weighted by atomic mass is 10.1. The number of amides is 1. The minimum atomic E-state index is -0.180. The monoisotopic (exact) mass is 373 g/mol. The summed E-state index contributed by atoms with van der Waals surface area (Å²) in [5.41, 5.74) is 4.57. The van der Waals surface area contributed by atoms with Crippen LogP contribution < -0.4 is 5.32 Å². The highest BCUT2D eigenvalue weighted by Crippen LogP contribution is 2.16. The highest BCUT2D eigenvalue weighted by Gasteiger charge is 2.15. The molecule has 6 nitrogen and oxygen atoms in total. The summed E-state index contributed by atoms with van der Waals surface area (Å²) in [4.78, 5) is 16.9. The van der Waals surface area contributed by atoms with Crippen LogP contribution in [0.2, 0.25) is 0 Å². The van der Waals surface area contributed by atoms with Crippen LogP contribution in [-0.4, -0.2) is 31.7 Å². The number of nitrogens with zero attached hydrogens (tertiary/aromatic N) is 3. The van der Waals surface area contributed by atoms with Gasteiger partial charge in [-0.3, -0.25) is 14.9 Å². The molecule has 6 heteroatoms. The fraction of sp³-hybridized carbons (Fsp3) is 0.227. The summed E-state index contributed by atoms with van der Waals surface area (Å²) in [5.74, 6) is -0.180. The number of aromatic nitrogens is 4. The topological polar surface area (TPSA) is 75.6 Å². The maximum absolute atomic E-state index is 12.5. The van der Waals surface area contributed by atoms with Crippen molar-refractivity contribution in [2.75, 3.05) is 0 Å². The summed E-state index contributed by atoms with van der Waals surface area (Å²) in [5, 5.41) is 11.4. The van der Waals surface area contributed by atoms with E-state index in [9.17, 15) is 4.79 Å². The van der Waals surface area contributed by atoms with Gasteiger partial charge in [-0.2, -0.15) is 5.10 Å². The Morgan fingerprint density at radius 2 is 2.07 bits per heavy atom. The van der Waals surface area contributed by atoms with Crippen molar-refractivity contribution in [2.45, 2.75) is 32.9 Å². The van der Waals surface area contributed by atoms with E-state index < -0.39 is 0 Å². The second-order valence-electron chi connectivity index (χ2n) is 7.13. The fourth-order valence-corrected chi connectivity index (χ4v) is 3.39. The van der Waals surface area contributed by atoms with Gasteiger partial charge in [0.2, 0.25) is 0 Å². The van der Waals surface area contributed by atoms with Crippen molar-refractivity contribution >= 4 is 16.8 Å². The first-order valence-corrected chi connectivity index (χ1v) is 9.39. The number of nitrogens with one attached hydrogen (secondary N) is 2. The van der Waals surface area contributed by atoms with E-state index in [1.165, 1.54) is 5.39 Å². The largest absolute Gasteiger partial charge is 0.348 e. The first-order valence-electron chi connectivity index (χ1n) is 9.39. The van der Waals surface area contributed by atoms with Gasteiger partial charge in [0.25, 0.3) is 5.91 Å². The summed E-state index contributed by atoms with van der Waals surface area (Å²) < 4.78 is 2.14. The Hall–Kier alpha value is -3.41. The van der Waals surface area contributed by atoms with Crippen LogP contribution in [0.15, 0.2) is 60.9 Å². The van der Waals surface area contributed by atoms with Gasteiger partial charge >= 0.3 is 0 Å². The molecule has 0 radical (unpaired) electrons. The van der Waals surface area contributed by atoms with Crippen molar-refractivity contribution in [1.82, 2.24) is 25.1 Å². The minimum absolute atomic E-state index is 0.0327. The molecule has 0 spiro atoms. The second kappa shape index (κ2) is 7.68. The first kappa shape index (κ1) is 18.0. The molecule has 0 saturated carbocycles. The van der Waals surface area contributed by atoms with E-state index in [1.807, 2.05) is 50.4 Å². The third-order valence-corrected chi connectivity index (χ3v) is 4.88. The lowest BCUT2D eigenvalue weighted by Gasteiger charge is -2.13. The number of carbonyl (C=O) groups excluding carboxylic acids is 1. The van der Waals surface area contributed by atoms with Crippen LogP contribution in [0.1, 0.15) is 34.4 Å². The number of hydrogen-bond acceptors (Lipinski definition) is 3. The zero-order chi connectivity index (χ0) is 19.5. The van der Waals surface area contributed by atoms with E-state index in [1.54, 1.807) is 6.20 Å². The lowest BCUT2D eigenvalue weighted by molar-refractivity contribution is 0.0935. The maximum atomic E-state index is 12.5. The second-order valence-corrected chi connectivity index (χ2v) is 7.13. The molecule has 1 aromatic carbocycles. The van der Waals surface area contributed by atoms with Crippen molar-refractivity contribution in [3.05, 3.63) is 83.6 Å². The Morgan fingerprint density at radius 1 is 1.21 bits per heavy atom. The van der Waals surface area contributed by atoms with E-state index in [2.05, 4.69) is 43.3 Å². The molecule has 1 atom stereocenters. The number of para-hydroxylation sites is 1. The molecule has 0 aliphatic rings. The zero-order valence-corrected chi connectivity index (χ0v) is 16.0. The third-order valence-electron chi connectivity index (χ3n) is 4.88. The Kier molecular flexibility index (Phi) is 4.93. The zero-order valence-electron chi connectivity index (χ0n) is 16.0. The molecule has 4 rings (SSSR count). The molecule has 0 aliphatic carbocycles. The van der Waals surface area contributed by atoms with Crippen molar-refractivity contribution < 1.29 is 4.79 Å². The molecular formula is C22H23N5O. The van der Waals surface area contributed by atoms with Gasteiger partial charge in [0.1, 0.15) is 5.69 Å². The van der Waals surface area contributed by atoms with Gasteiger partial charge in [-0.15, -0.1) is 0 Å². The van der Waals surface area contributed by atoms with Gasteiger partial charge < -0.3 is 9.88 Å². The number of fused-ring (bicyclic) bond motifs is 1. The number of aryl methyl sites for hydroxylation is 1. The van der Waals surface area contributed by atoms with Crippen molar-refractivity contribution in [3.63, 3.8) is 0 Å². The Morgan fingerprint density at radius 3 is 2.93 bits per heavy atom. The molecule has 0 bridgehead atoms. The van der Waals surface area contributed by atoms with Crippen LogP contribution in [0.5, 0.6) is 0 Å². The number of rotatable bonds is 6. The highest BCUT2D eigenvalue weighted by atomic mass is 16.2. The van der Waals surface area contributed by atoms with Crippen molar-refractivity contribution in [2.24, 2.45) is 0 Å². The smallest absolute Gasteiger partial charge is 0.271 e. The summed E-state index contributed by atoms with van der Waals surface area (Å²) in [6, 6.07) is 16.0. The van der Waals surface area contributed by atoms with Crippen LogP contribution in [0, 0.1) is 6.92 Å². The van der Waals surface area contributed by atoms with Gasteiger partial charge in [0.05, 0.1) is 12.2 Å². The van der Waals surface area contributed by atoms with E-state index >= 15 is 0 Å². The van der Waals surface area contributed by atoms with E-state index in [0.29, 0.717) is 18.7 Å². The molecule has 0 aliphatic heterocycles. The minimum Gasteiger partial charge on any atom is -0.348 e. The van der Waals surface area contributed by atoms with Gasteiger partial charge in [0, 0.05) is 36.1 Å². The first-order chi connectivity index (χ1) is 13.6. The molecule has 3 heterocycles. The molecule has 3 aromatic heterocycles. The number of carbonyl (C=O) groups is 1. The fourth-order valence-electron chi connectivity index (χ4n) is 3.39. The lowest BCUT2D eigenvalue weighted by Crippen LogP contribution is -2.34. The third kappa shape index (κ3) is 3.81. The predicted octanol–water partition coefficient (Wildman–Crippen LogP) is 3.48. The van der Waals surface area contributed by atoms with Crippen LogP contribution in [-0.2, 0) is 13.0 Å². The molecule has 1 unspecified atom stereocenters. The average molecular weight is 373 g/mol. The van der Waals surface area contributed by atoms with Crippen LogP contribution in [0.25, 0.3) is 10.9 Å². The quantitative estimate of drug-likeness (QED) is 0.543. The van der Waals surface area contributed by atoms with E-state index in [0.717, 1.165) is 22.5 Å². The molecule has 28 heavy (non-hydrogen) atoms. The van der Waals surface area contributed by atoms with Gasteiger partial charge in [-0.1, -0.05) is 24.3 Å². The number of benzene rings is 1. The molecular weight excluding hydrogens is 350 g/mol. The van der Waals surface area contributed by atoms with Gasteiger partial charge in [-0.25, -0.2) is 0 Å². The summed E-state index contributed by atoms with van der Waals surface area (Å²) in [6.45, 7) is 4.64. The van der Waals surface area contributed by atoms with Crippen molar-refractivity contribution in [3.8, 4) is 0 Å². The maximum Gasteiger partial charge on any atom is 0.271 e. The molecule has 142 valence electrons. The van der Waals surface area contributed by atoms with Crippen LogP contribution >= 0.6 is 0 Å². The Labute approximate surface area is 163 Å². The van der Waals surface area contributed by atoms with Gasteiger partial charge in [0.15, 0.2) is 0 Å². The highest BCUT2D eigenvalue weighted by molar-refractivity contribution is 5.92. The predicted molar refractivity (Wildman–Crippen MR) is 109 cm³/mol. The molecule has 1 amide bonds. The number of hydrogen-bond donors (Lipinski definition) is 2. The van der Waals surface area contributed by atoms with E-state index in [4.69, 9.17) is 0 Å². The SMILES string of the molecule is Cc1cccnc1CC(C)NC(=O)c1cc(Cn2ccc3ccccc32)[nH]n1. The number of H-pyrrole nitrogens is 1. The number of pyridine rings is 1. The normalized spacial score (nSPS) is 12.2. The Balaban J connectivity index is 1.41. The molecule has 2 N–H and O–H groups in total. The van der Waals surface area contributed by atoms with Crippen LogP contribution in [0.3, 0.4) is 0 Å². The van der Waals surface area contributed by atoms with Gasteiger partial charge in [-0.05, 0) is 49.1 Å². The summed E-state index contributed by atoms with van der Waals surface area (Å²) >= 11 is 0. The average Bonchev–Trinajstić information content (AvgIpc) is 3.32. The van der Waals surface area contributed by atoms with Crippen LogP contribution in [0.4, 0.5) is 0 Å². The molecule has 0 saturated heterocycles. The molecule has 4 aromatic rings. The molecule has 0 fully saturated rings.